The van der Waals surface area contributed by atoms with Crippen LogP contribution < -0.4 is 5.32 Å². The van der Waals surface area contributed by atoms with E-state index in [4.69, 9.17) is 4.74 Å². The summed E-state index contributed by atoms with van der Waals surface area (Å²) >= 11 is 0. The molecule has 0 bridgehead atoms. The monoisotopic (exact) mass is 473 g/mol. The maximum atomic E-state index is 13.8. The number of carbonyl (C=O) groups excluding carboxylic acids is 4. The fourth-order valence-electron chi connectivity index (χ4n) is 4.57. The van der Waals surface area contributed by atoms with E-state index in [9.17, 15) is 19.2 Å². The third-order valence-electron chi connectivity index (χ3n) is 6.25. The van der Waals surface area contributed by atoms with Crippen LogP contribution in [0.3, 0.4) is 0 Å². The minimum atomic E-state index is -1.34. The van der Waals surface area contributed by atoms with Crippen molar-refractivity contribution in [3.05, 3.63) is 94.3 Å². The number of Topliss-reactive ketones (excluding diaryl/α,β-unsaturated/α-hetero) is 1. The summed E-state index contributed by atoms with van der Waals surface area (Å²) in [5, 5.41) is 2.86. The van der Waals surface area contributed by atoms with Gasteiger partial charge in [0.2, 0.25) is 0 Å². The summed E-state index contributed by atoms with van der Waals surface area (Å²) in [4.78, 5) is 56.2. The highest BCUT2D eigenvalue weighted by Gasteiger charge is 2.52. The zero-order chi connectivity index (χ0) is 25.2. The Kier molecular flexibility index (Phi) is 6.55. The van der Waals surface area contributed by atoms with Gasteiger partial charge in [-0.25, -0.2) is 9.59 Å². The van der Waals surface area contributed by atoms with E-state index in [0.717, 1.165) is 10.5 Å². The summed E-state index contributed by atoms with van der Waals surface area (Å²) < 4.78 is 5.08. The Labute approximate surface area is 203 Å². The number of nitrogens with zero attached hydrogens (tertiary/aromatic N) is 1. The summed E-state index contributed by atoms with van der Waals surface area (Å²) in [6.45, 7) is 4.75. The van der Waals surface area contributed by atoms with E-state index >= 15 is 0 Å². The molecule has 35 heavy (non-hydrogen) atoms. The van der Waals surface area contributed by atoms with Gasteiger partial charge < -0.3 is 15.0 Å². The number of ether oxygens (including phenoxy) is 1. The summed E-state index contributed by atoms with van der Waals surface area (Å²) in [5.41, 5.74) is 1.54. The first kappa shape index (κ1) is 23.9. The number of esters is 1. The Morgan fingerprint density at radius 2 is 1.60 bits per heavy atom. The van der Waals surface area contributed by atoms with Gasteiger partial charge in [0.1, 0.15) is 0 Å². The fourth-order valence-corrected chi connectivity index (χ4v) is 4.57. The number of hydrogen-bond acceptors (Lipinski definition) is 5. The Morgan fingerprint density at radius 3 is 2.23 bits per heavy atom. The van der Waals surface area contributed by atoms with Crippen LogP contribution in [0.2, 0.25) is 0 Å². The number of carbonyl (C=O) groups is 4. The Morgan fingerprint density at radius 1 is 0.971 bits per heavy atom. The Hall–Kier alpha value is -4.20. The van der Waals surface area contributed by atoms with Crippen molar-refractivity contribution in [3.63, 3.8) is 0 Å². The average molecular weight is 474 g/mol. The van der Waals surface area contributed by atoms with Crippen molar-refractivity contribution in [2.75, 3.05) is 13.2 Å². The van der Waals surface area contributed by atoms with Gasteiger partial charge in [-0.05, 0) is 37.5 Å². The minimum Gasteiger partial charge on any atom is -0.462 e. The Balaban J connectivity index is 1.65. The van der Waals surface area contributed by atoms with Gasteiger partial charge in [-0.3, -0.25) is 14.5 Å². The van der Waals surface area contributed by atoms with E-state index in [1.165, 1.54) is 0 Å². The van der Waals surface area contributed by atoms with Crippen LogP contribution in [0, 0.1) is 13.8 Å². The lowest BCUT2D eigenvalue weighted by atomic mass is 9.83. The predicted octanol–water partition coefficient (Wildman–Crippen LogP) is 3.68. The molecule has 1 fully saturated rings. The number of rotatable bonds is 8. The molecule has 0 spiro atoms. The number of amides is 3. The molecule has 1 aromatic heterocycles. The molecule has 0 aliphatic carbocycles. The lowest BCUT2D eigenvalue weighted by molar-refractivity contribution is -0.131. The molecule has 1 atom stereocenters. The number of imide groups is 1. The van der Waals surface area contributed by atoms with Gasteiger partial charge in [-0.2, -0.15) is 0 Å². The number of aromatic amines is 1. The highest BCUT2D eigenvalue weighted by Crippen LogP contribution is 2.33. The van der Waals surface area contributed by atoms with E-state index in [-0.39, 0.29) is 24.3 Å². The van der Waals surface area contributed by atoms with Crippen molar-refractivity contribution in [2.45, 2.75) is 32.7 Å². The molecule has 0 saturated carbocycles. The van der Waals surface area contributed by atoms with Gasteiger partial charge in [0, 0.05) is 12.1 Å². The van der Waals surface area contributed by atoms with Gasteiger partial charge in [0.05, 0.1) is 24.4 Å². The number of nitrogens with one attached hydrogen (secondary N) is 2. The molecule has 1 aliphatic rings. The molecule has 3 amide bonds. The van der Waals surface area contributed by atoms with Crippen molar-refractivity contribution in [1.29, 1.82) is 0 Å². The lowest BCUT2D eigenvalue weighted by Gasteiger charge is -2.27. The maximum Gasteiger partial charge on any atom is 0.340 e. The standard InChI is InChI=1S/C27H27N3O5/c1-4-35-24(32)22-17(2)23(28-18(22)3)21(31)16-30-25(33)27(29-26(30)34,20-13-9-6-10-14-20)15-19-11-7-5-8-12-19/h5-14,28H,4,15-16H2,1-3H3,(H,29,34). The summed E-state index contributed by atoms with van der Waals surface area (Å²) in [6, 6.07) is 17.8. The number of aromatic nitrogens is 1. The van der Waals surface area contributed by atoms with Gasteiger partial charge in [0.15, 0.2) is 11.3 Å². The molecule has 2 heterocycles. The number of H-pyrrole nitrogens is 1. The zero-order valence-corrected chi connectivity index (χ0v) is 19.9. The molecule has 3 aromatic rings. The van der Waals surface area contributed by atoms with E-state index in [0.29, 0.717) is 16.8 Å². The van der Waals surface area contributed by atoms with Crippen LogP contribution in [0.1, 0.15) is 50.2 Å². The second-order valence-electron chi connectivity index (χ2n) is 8.52. The summed E-state index contributed by atoms with van der Waals surface area (Å²) in [7, 11) is 0. The number of benzene rings is 2. The maximum absolute atomic E-state index is 13.8. The number of aryl methyl sites for hydroxylation is 1. The number of ketones is 1. The molecule has 8 nitrogen and oxygen atoms in total. The van der Waals surface area contributed by atoms with E-state index in [1.807, 2.05) is 36.4 Å². The lowest BCUT2D eigenvalue weighted by Crippen LogP contribution is -2.46. The molecule has 2 aromatic carbocycles. The van der Waals surface area contributed by atoms with Crippen LogP contribution in [0.25, 0.3) is 0 Å². The van der Waals surface area contributed by atoms with Gasteiger partial charge in [-0.1, -0.05) is 60.7 Å². The highest BCUT2D eigenvalue weighted by atomic mass is 16.5. The van der Waals surface area contributed by atoms with Crippen LogP contribution >= 0.6 is 0 Å². The minimum absolute atomic E-state index is 0.173. The average Bonchev–Trinajstić information content (AvgIpc) is 3.28. The molecular formula is C27H27N3O5. The third-order valence-corrected chi connectivity index (χ3v) is 6.25. The first-order chi connectivity index (χ1) is 16.8. The van der Waals surface area contributed by atoms with Crippen molar-refractivity contribution >= 4 is 23.7 Å². The van der Waals surface area contributed by atoms with E-state index in [1.54, 1.807) is 45.0 Å². The largest absolute Gasteiger partial charge is 0.462 e. The molecule has 180 valence electrons. The normalized spacial score (nSPS) is 17.4. The Bertz CT molecular complexity index is 1280. The van der Waals surface area contributed by atoms with Crippen molar-refractivity contribution in [3.8, 4) is 0 Å². The smallest absolute Gasteiger partial charge is 0.340 e. The number of urea groups is 1. The molecule has 0 radical (unpaired) electrons. The van der Waals surface area contributed by atoms with Crippen molar-refractivity contribution in [2.24, 2.45) is 0 Å². The molecular weight excluding hydrogens is 446 g/mol. The third kappa shape index (κ3) is 4.35. The van der Waals surface area contributed by atoms with E-state index in [2.05, 4.69) is 10.3 Å². The molecule has 1 aliphatic heterocycles. The topological polar surface area (TPSA) is 109 Å². The first-order valence-electron chi connectivity index (χ1n) is 11.4. The summed E-state index contributed by atoms with van der Waals surface area (Å²) in [5.74, 6) is -1.51. The second kappa shape index (κ2) is 9.58. The quantitative estimate of drug-likeness (QED) is 0.295. The van der Waals surface area contributed by atoms with E-state index < -0.39 is 35.8 Å². The molecule has 1 saturated heterocycles. The summed E-state index contributed by atoms with van der Waals surface area (Å²) in [6.07, 6.45) is 0.237. The van der Waals surface area contributed by atoms with Crippen molar-refractivity contribution < 1.29 is 23.9 Å². The molecule has 2 N–H and O–H groups in total. The second-order valence-corrected chi connectivity index (χ2v) is 8.52. The van der Waals surface area contributed by atoms with Gasteiger partial charge >= 0.3 is 12.0 Å². The van der Waals surface area contributed by atoms with Gasteiger partial charge in [-0.15, -0.1) is 0 Å². The van der Waals surface area contributed by atoms with Gasteiger partial charge in [0.25, 0.3) is 5.91 Å². The molecule has 4 rings (SSSR count). The van der Waals surface area contributed by atoms with Crippen LogP contribution in [0.5, 0.6) is 0 Å². The van der Waals surface area contributed by atoms with Crippen LogP contribution in [-0.4, -0.2) is 46.7 Å². The SMILES string of the molecule is CCOC(=O)c1c(C)[nH]c(C(=O)CN2C(=O)NC(Cc3ccccc3)(c3ccccc3)C2=O)c1C. The zero-order valence-electron chi connectivity index (χ0n) is 19.9. The first-order valence-corrected chi connectivity index (χ1v) is 11.4. The van der Waals surface area contributed by atoms with Crippen molar-refractivity contribution in [1.82, 2.24) is 15.2 Å². The van der Waals surface area contributed by atoms with Crippen LogP contribution in [0.4, 0.5) is 4.79 Å². The van der Waals surface area contributed by atoms with Crippen LogP contribution in [-0.2, 0) is 21.5 Å². The molecule has 1 unspecified atom stereocenters. The molecule has 8 heteroatoms. The highest BCUT2D eigenvalue weighted by molar-refractivity contribution is 6.12. The van der Waals surface area contributed by atoms with Crippen LogP contribution in [0.15, 0.2) is 60.7 Å². The predicted molar refractivity (Wildman–Crippen MR) is 129 cm³/mol. The fraction of sp³-hybridized carbons (Fsp3) is 0.259. The number of hydrogen-bond donors (Lipinski definition) is 2.